The number of imide groups is 1. The van der Waals surface area contributed by atoms with E-state index in [4.69, 9.17) is 0 Å². The Morgan fingerprint density at radius 1 is 0.903 bits per heavy atom. The molecular weight excluding hydrogens is 394 g/mol. The molecule has 7 nitrogen and oxygen atoms in total. The number of amides is 4. The number of piperidine rings is 1. The molecule has 0 aromatic heterocycles. The number of anilines is 1. The number of nitrogens with zero attached hydrogens (tertiary/aromatic N) is 3. The van der Waals surface area contributed by atoms with Crippen molar-refractivity contribution < 1.29 is 19.2 Å². The molecule has 1 fully saturated rings. The smallest absolute Gasteiger partial charge is 0.262 e. The summed E-state index contributed by atoms with van der Waals surface area (Å²) in [6.45, 7) is 2.99. The number of para-hydroxylation sites is 1. The molecule has 0 radical (unpaired) electrons. The summed E-state index contributed by atoms with van der Waals surface area (Å²) in [6.07, 6.45) is 1.89. The molecule has 2 aliphatic rings. The van der Waals surface area contributed by atoms with Gasteiger partial charge in [0.2, 0.25) is 11.8 Å². The molecule has 4 rings (SSSR count). The average molecular weight is 419 g/mol. The molecule has 0 unspecified atom stereocenters. The SMILES string of the molecule is CC1CCN(C(=O)CN(C(=O)CN2C(=O)c3ccccc3C2=O)c2ccccc2)CC1. The van der Waals surface area contributed by atoms with Crippen LogP contribution in [0, 0.1) is 5.92 Å². The zero-order chi connectivity index (χ0) is 22.0. The van der Waals surface area contributed by atoms with E-state index < -0.39 is 24.3 Å². The predicted octanol–water partition coefficient (Wildman–Crippen LogP) is 2.57. The second kappa shape index (κ2) is 8.71. The van der Waals surface area contributed by atoms with Crippen LogP contribution in [-0.2, 0) is 9.59 Å². The van der Waals surface area contributed by atoms with E-state index in [1.807, 2.05) is 6.07 Å². The Morgan fingerprint density at radius 2 is 1.45 bits per heavy atom. The Hall–Kier alpha value is -3.48. The van der Waals surface area contributed by atoms with Gasteiger partial charge in [0.05, 0.1) is 11.1 Å². The molecule has 0 atom stereocenters. The molecule has 2 aliphatic heterocycles. The number of carbonyl (C=O) groups excluding carboxylic acids is 4. The molecule has 31 heavy (non-hydrogen) atoms. The lowest BCUT2D eigenvalue weighted by molar-refractivity contribution is -0.132. The molecular formula is C24H25N3O4. The average Bonchev–Trinajstić information content (AvgIpc) is 3.03. The van der Waals surface area contributed by atoms with Gasteiger partial charge in [-0.2, -0.15) is 0 Å². The molecule has 0 spiro atoms. The standard InChI is InChI=1S/C24H25N3O4/c1-17-11-13-25(14-12-17)21(28)15-26(18-7-3-2-4-8-18)22(29)16-27-23(30)19-9-5-6-10-20(19)24(27)31/h2-10,17H,11-16H2,1H3. The molecule has 0 N–H and O–H groups in total. The van der Waals surface area contributed by atoms with Gasteiger partial charge >= 0.3 is 0 Å². The molecule has 1 saturated heterocycles. The van der Waals surface area contributed by atoms with Crippen LogP contribution in [-0.4, -0.2) is 59.6 Å². The van der Waals surface area contributed by atoms with Crippen molar-refractivity contribution in [2.24, 2.45) is 5.92 Å². The molecule has 2 heterocycles. The Balaban J connectivity index is 1.52. The van der Waals surface area contributed by atoms with Gasteiger partial charge in [-0.1, -0.05) is 37.3 Å². The number of hydrogen-bond donors (Lipinski definition) is 0. The van der Waals surface area contributed by atoms with Crippen molar-refractivity contribution in [3.8, 4) is 0 Å². The first-order chi connectivity index (χ1) is 15.0. The second-order valence-electron chi connectivity index (χ2n) is 8.12. The van der Waals surface area contributed by atoms with Crippen LogP contribution in [0.5, 0.6) is 0 Å². The van der Waals surface area contributed by atoms with Crippen LogP contribution in [0.4, 0.5) is 5.69 Å². The van der Waals surface area contributed by atoms with Crippen LogP contribution >= 0.6 is 0 Å². The molecule has 2 aromatic carbocycles. The second-order valence-corrected chi connectivity index (χ2v) is 8.12. The Morgan fingerprint density at radius 3 is 2.03 bits per heavy atom. The van der Waals surface area contributed by atoms with Crippen LogP contribution in [0.1, 0.15) is 40.5 Å². The monoisotopic (exact) mass is 419 g/mol. The Kier molecular flexibility index (Phi) is 5.84. The number of likely N-dealkylation sites (tertiary alicyclic amines) is 1. The minimum Gasteiger partial charge on any atom is -0.341 e. The lowest BCUT2D eigenvalue weighted by Gasteiger charge is -2.32. The van der Waals surface area contributed by atoms with Crippen molar-refractivity contribution >= 4 is 29.3 Å². The van der Waals surface area contributed by atoms with Gasteiger partial charge in [-0.25, -0.2) is 0 Å². The minimum absolute atomic E-state index is 0.125. The van der Waals surface area contributed by atoms with Gasteiger partial charge < -0.3 is 9.80 Å². The van der Waals surface area contributed by atoms with E-state index in [-0.39, 0.29) is 12.5 Å². The van der Waals surface area contributed by atoms with Crippen molar-refractivity contribution in [2.75, 3.05) is 31.1 Å². The molecule has 160 valence electrons. The summed E-state index contributed by atoms with van der Waals surface area (Å²) in [7, 11) is 0. The number of rotatable bonds is 5. The van der Waals surface area contributed by atoms with E-state index in [0.29, 0.717) is 35.8 Å². The van der Waals surface area contributed by atoms with E-state index in [9.17, 15) is 19.2 Å². The Labute approximate surface area is 181 Å². The molecule has 2 aromatic rings. The molecule has 4 amide bonds. The largest absolute Gasteiger partial charge is 0.341 e. The predicted molar refractivity (Wildman–Crippen MR) is 116 cm³/mol. The van der Waals surface area contributed by atoms with E-state index in [2.05, 4.69) is 6.92 Å². The lowest BCUT2D eigenvalue weighted by atomic mass is 9.99. The fourth-order valence-electron chi connectivity index (χ4n) is 4.03. The maximum absolute atomic E-state index is 13.2. The van der Waals surface area contributed by atoms with Gasteiger partial charge in [-0.15, -0.1) is 0 Å². The quantitative estimate of drug-likeness (QED) is 0.698. The van der Waals surface area contributed by atoms with Gasteiger partial charge in [-0.3, -0.25) is 24.1 Å². The van der Waals surface area contributed by atoms with Crippen molar-refractivity contribution in [1.82, 2.24) is 9.80 Å². The number of fused-ring (bicyclic) bond motifs is 1. The van der Waals surface area contributed by atoms with Crippen molar-refractivity contribution in [2.45, 2.75) is 19.8 Å². The van der Waals surface area contributed by atoms with Gasteiger partial charge in [-0.05, 0) is 43.0 Å². The van der Waals surface area contributed by atoms with Gasteiger partial charge in [0.15, 0.2) is 0 Å². The fourth-order valence-corrected chi connectivity index (χ4v) is 4.03. The molecule has 0 bridgehead atoms. The summed E-state index contributed by atoms with van der Waals surface area (Å²) in [5, 5.41) is 0. The third-order valence-corrected chi connectivity index (χ3v) is 5.97. The van der Waals surface area contributed by atoms with E-state index in [1.165, 1.54) is 4.90 Å². The summed E-state index contributed by atoms with van der Waals surface area (Å²) >= 11 is 0. The van der Waals surface area contributed by atoms with E-state index in [1.54, 1.807) is 53.4 Å². The normalized spacial score (nSPS) is 16.4. The highest BCUT2D eigenvalue weighted by molar-refractivity contribution is 6.22. The van der Waals surface area contributed by atoms with Crippen LogP contribution in [0.3, 0.4) is 0 Å². The summed E-state index contributed by atoms with van der Waals surface area (Å²) in [4.78, 5) is 55.6. The molecule has 7 heteroatoms. The zero-order valence-corrected chi connectivity index (χ0v) is 17.5. The molecule has 0 aliphatic carbocycles. The van der Waals surface area contributed by atoms with E-state index in [0.717, 1.165) is 17.7 Å². The summed E-state index contributed by atoms with van der Waals surface area (Å²) < 4.78 is 0. The van der Waals surface area contributed by atoms with Crippen molar-refractivity contribution in [1.29, 1.82) is 0 Å². The summed E-state index contributed by atoms with van der Waals surface area (Å²) in [5.74, 6) is -0.993. The summed E-state index contributed by atoms with van der Waals surface area (Å²) in [5.41, 5.74) is 1.15. The minimum atomic E-state index is -0.488. The van der Waals surface area contributed by atoms with Crippen LogP contribution in [0.25, 0.3) is 0 Å². The van der Waals surface area contributed by atoms with Crippen LogP contribution in [0.15, 0.2) is 54.6 Å². The highest BCUT2D eigenvalue weighted by Gasteiger charge is 2.37. The number of benzene rings is 2. The lowest BCUT2D eigenvalue weighted by Crippen LogP contribution is -2.49. The van der Waals surface area contributed by atoms with E-state index >= 15 is 0 Å². The topological polar surface area (TPSA) is 78.0 Å². The van der Waals surface area contributed by atoms with Gasteiger partial charge in [0, 0.05) is 18.8 Å². The third-order valence-electron chi connectivity index (χ3n) is 5.97. The van der Waals surface area contributed by atoms with Crippen LogP contribution < -0.4 is 4.90 Å². The maximum Gasteiger partial charge on any atom is 0.262 e. The highest BCUT2D eigenvalue weighted by Crippen LogP contribution is 2.23. The number of hydrogen-bond acceptors (Lipinski definition) is 4. The maximum atomic E-state index is 13.2. The zero-order valence-electron chi connectivity index (χ0n) is 17.5. The van der Waals surface area contributed by atoms with Gasteiger partial charge in [0.1, 0.15) is 13.1 Å². The van der Waals surface area contributed by atoms with Crippen LogP contribution in [0.2, 0.25) is 0 Å². The van der Waals surface area contributed by atoms with Crippen molar-refractivity contribution in [3.05, 3.63) is 65.7 Å². The first kappa shape index (κ1) is 20.8. The molecule has 0 saturated carbocycles. The first-order valence-corrected chi connectivity index (χ1v) is 10.5. The highest BCUT2D eigenvalue weighted by atomic mass is 16.2. The Bertz CT molecular complexity index is 977. The third kappa shape index (κ3) is 4.21. The summed E-state index contributed by atoms with van der Waals surface area (Å²) in [6, 6.07) is 15.4. The fraction of sp³-hybridized carbons (Fsp3) is 0.333. The number of carbonyl (C=O) groups is 4. The van der Waals surface area contributed by atoms with Gasteiger partial charge in [0.25, 0.3) is 11.8 Å². The van der Waals surface area contributed by atoms with Crippen molar-refractivity contribution in [3.63, 3.8) is 0 Å². The first-order valence-electron chi connectivity index (χ1n) is 10.5.